The second kappa shape index (κ2) is 7.37. The van der Waals surface area contributed by atoms with Gasteiger partial charge in [0.1, 0.15) is 5.52 Å². The minimum Gasteiger partial charge on any atom is -0.436 e. The van der Waals surface area contributed by atoms with Gasteiger partial charge in [-0.2, -0.15) is 0 Å². The molecule has 0 bridgehead atoms. The van der Waals surface area contributed by atoms with Gasteiger partial charge in [0.05, 0.1) is 4.92 Å². The van der Waals surface area contributed by atoms with Crippen LogP contribution in [0.15, 0.2) is 65.1 Å². The van der Waals surface area contributed by atoms with E-state index >= 15 is 0 Å². The summed E-state index contributed by atoms with van der Waals surface area (Å²) >= 11 is 6.17. The Balaban J connectivity index is 1.60. The average molecular weight is 408 g/mol. The van der Waals surface area contributed by atoms with E-state index in [2.05, 4.69) is 10.3 Å². The molecule has 29 heavy (non-hydrogen) atoms. The van der Waals surface area contributed by atoms with Crippen LogP contribution in [0.4, 0.5) is 11.4 Å². The van der Waals surface area contributed by atoms with E-state index in [1.807, 2.05) is 19.1 Å². The first kappa shape index (κ1) is 18.6. The van der Waals surface area contributed by atoms with Crippen LogP contribution in [0.25, 0.3) is 22.6 Å². The molecule has 0 unspecified atom stereocenters. The molecule has 8 heteroatoms. The average Bonchev–Trinajstić information content (AvgIpc) is 3.13. The Morgan fingerprint density at radius 3 is 2.72 bits per heavy atom. The summed E-state index contributed by atoms with van der Waals surface area (Å²) in [7, 11) is 0. The highest BCUT2D eigenvalue weighted by atomic mass is 35.5. The molecule has 0 saturated carbocycles. The molecule has 0 aliphatic rings. The number of non-ortho nitro benzene ring substituents is 1. The van der Waals surface area contributed by atoms with Gasteiger partial charge in [0.2, 0.25) is 5.89 Å². The Hall–Kier alpha value is -3.71. The monoisotopic (exact) mass is 407 g/mol. The Labute approximate surface area is 170 Å². The highest BCUT2D eigenvalue weighted by Gasteiger charge is 2.14. The minimum absolute atomic E-state index is 0.147. The number of aryl methyl sites for hydroxylation is 1. The number of carbonyl (C=O) groups is 1. The smallest absolute Gasteiger partial charge is 0.270 e. The summed E-state index contributed by atoms with van der Waals surface area (Å²) < 4.78 is 5.78. The second-order valence-electron chi connectivity index (χ2n) is 6.43. The van der Waals surface area contributed by atoms with Crippen molar-refractivity contribution in [2.45, 2.75) is 6.92 Å². The number of anilines is 1. The lowest BCUT2D eigenvalue weighted by molar-refractivity contribution is -0.384. The van der Waals surface area contributed by atoms with Crippen LogP contribution in [-0.2, 0) is 0 Å². The maximum Gasteiger partial charge on any atom is 0.270 e. The van der Waals surface area contributed by atoms with Gasteiger partial charge in [-0.3, -0.25) is 14.9 Å². The van der Waals surface area contributed by atoms with Crippen LogP contribution in [0.5, 0.6) is 0 Å². The van der Waals surface area contributed by atoms with E-state index in [1.165, 1.54) is 24.3 Å². The van der Waals surface area contributed by atoms with Gasteiger partial charge in [-0.25, -0.2) is 4.98 Å². The van der Waals surface area contributed by atoms with Crippen molar-refractivity contribution in [3.63, 3.8) is 0 Å². The number of nitro benzene ring substituents is 1. The third-order valence-corrected chi connectivity index (χ3v) is 4.79. The normalized spacial score (nSPS) is 10.8. The second-order valence-corrected chi connectivity index (χ2v) is 6.83. The molecule has 0 aliphatic heterocycles. The number of halogens is 1. The fraction of sp³-hybridized carbons (Fsp3) is 0.0476. The predicted molar refractivity (Wildman–Crippen MR) is 110 cm³/mol. The molecule has 0 aliphatic carbocycles. The molecule has 0 atom stereocenters. The predicted octanol–water partition coefficient (Wildman–Crippen LogP) is 5.62. The van der Waals surface area contributed by atoms with E-state index in [4.69, 9.17) is 16.0 Å². The molecule has 0 saturated heterocycles. The van der Waals surface area contributed by atoms with Crippen molar-refractivity contribution in [2.24, 2.45) is 0 Å². The van der Waals surface area contributed by atoms with Gasteiger partial charge < -0.3 is 9.73 Å². The van der Waals surface area contributed by atoms with Crippen molar-refractivity contribution in [3.8, 4) is 11.5 Å². The van der Waals surface area contributed by atoms with Gasteiger partial charge in [0.15, 0.2) is 5.58 Å². The van der Waals surface area contributed by atoms with Crippen molar-refractivity contribution < 1.29 is 14.1 Å². The molecule has 7 nitrogen and oxygen atoms in total. The maximum absolute atomic E-state index is 12.4. The summed E-state index contributed by atoms with van der Waals surface area (Å²) in [6.07, 6.45) is 0. The van der Waals surface area contributed by atoms with Crippen LogP contribution >= 0.6 is 11.6 Å². The molecule has 4 aromatic rings. The first-order valence-electron chi connectivity index (χ1n) is 8.63. The summed E-state index contributed by atoms with van der Waals surface area (Å²) in [4.78, 5) is 27.2. The number of rotatable bonds is 4. The zero-order valence-electron chi connectivity index (χ0n) is 15.2. The first-order valence-corrected chi connectivity index (χ1v) is 9.01. The molecule has 1 heterocycles. The topological polar surface area (TPSA) is 98.3 Å². The van der Waals surface area contributed by atoms with Gasteiger partial charge in [0, 0.05) is 34.0 Å². The standard InChI is InChI=1S/C21H14ClN3O4/c1-12-5-6-14(10-17(12)22)21-24-18-11-15(7-8-19(18)29-21)23-20(26)13-3-2-4-16(9-13)25(27)28/h2-11H,1H3,(H,23,26). The molecule has 0 spiro atoms. The zero-order valence-corrected chi connectivity index (χ0v) is 15.9. The summed E-state index contributed by atoms with van der Waals surface area (Å²) in [5.74, 6) is -0.0360. The first-order chi connectivity index (χ1) is 13.9. The lowest BCUT2D eigenvalue weighted by Gasteiger charge is -2.04. The molecule has 1 N–H and O–H groups in total. The van der Waals surface area contributed by atoms with Crippen molar-refractivity contribution in [1.29, 1.82) is 0 Å². The third kappa shape index (κ3) is 3.81. The number of nitrogens with zero attached hydrogens (tertiary/aromatic N) is 2. The van der Waals surface area contributed by atoms with Crippen LogP contribution in [0.1, 0.15) is 15.9 Å². The molecule has 0 radical (unpaired) electrons. The van der Waals surface area contributed by atoms with E-state index in [9.17, 15) is 14.9 Å². The molecular formula is C21H14ClN3O4. The molecule has 4 rings (SSSR count). The van der Waals surface area contributed by atoms with Gasteiger partial charge in [-0.05, 0) is 48.9 Å². The number of hydrogen-bond donors (Lipinski definition) is 1. The Morgan fingerprint density at radius 1 is 1.14 bits per heavy atom. The summed E-state index contributed by atoms with van der Waals surface area (Å²) in [5.41, 5.74) is 3.37. The number of amides is 1. The Morgan fingerprint density at radius 2 is 1.97 bits per heavy atom. The highest BCUT2D eigenvalue weighted by Crippen LogP contribution is 2.29. The number of nitrogens with one attached hydrogen (secondary N) is 1. The quantitative estimate of drug-likeness (QED) is 0.350. The van der Waals surface area contributed by atoms with E-state index < -0.39 is 10.8 Å². The number of fused-ring (bicyclic) bond motifs is 1. The largest absolute Gasteiger partial charge is 0.436 e. The molecule has 3 aromatic carbocycles. The lowest BCUT2D eigenvalue weighted by atomic mass is 10.1. The number of oxazole rings is 1. The Bertz CT molecular complexity index is 1270. The number of carbonyl (C=O) groups excluding carboxylic acids is 1. The van der Waals surface area contributed by atoms with E-state index in [-0.39, 0.29) is 11.3 Å². The van der Waals surface area contributed by atoms with Gasteiger partial charge >= 0.3 is 0 Å². The third-order valence-electron chi connectivity index (χ3n) is 4.38. The van der Waals surface area contributed by atoms with Crippen LogP contribution in [0.3, 0.4) is 0 Å². The molecule has 1 amide bonds. The number of hydrogen-bond acceptors (Lipinski definition) is 5. The maximum atomic E-state index is 12.4. The molecule has 144 valence electrons. The van der Waals surface area contributed by atoms with Crippen molar-refractivity contribution in [3.05, 3.63) is 86.9 Å². The molecule has 0 fully saturated rings. The van der Waals surface area contributed by atoms with Gasteiger partial charge in [-0.1, -0.05) is 23.7 Å². The van der Waals surface area contributed by atoms with Crippen LogP contribution in [0.2, 0.25) is 5.02 Å². The zero-order chi connectivity index (χ0) is 20.5. The van der Waals surface area contributed by atoms with E-state index in [1.54, 1.807) is 24.3 Å². The fourth-order valence-electron chi connectivity index (χ4n) is 2.82. The Kier molecular flexibility index (Phi) is 4.74. The number of aromatic nitrogens is 1. The summed E-state index contributed by atoms with van der Waals surface area (Å²) in [6, 6.07) is 16.1. The van der Waals surface area contributed by atoms with Crippen LogP contribution in [0, 0.1) is 17.0 Å². The van der Waals surface area contributed by atoms with Crippen molar-refractivity contribution in [1.82, 2.24) is 4.98 Å². The molecular weight excluding hydrogens is 394 g/mol. The highest BCUT2D eigenvalue weighted by molar-refractivity contribution is 6.31. The number of nitro groups is 1. The van der Waals surface area contributed by atoms with Crippen LogP contribution < -0.4 is 5.32 Å². The van der Waals surface area contributed by atoms with Gasteiger partial charge in [-0.15, -0.1) is 0 Å². The molecule has 1 aromatic heterocycles. The van der Waals surface area contributed by atoms with Crippen LogP contribution in [-0.4, -0.2) is 15.8 Å². The lowest BCUT2D eigenvalue weighted by Crippen LogP contribution is -2.12. The summed E-state index contributed by atoms with van der Waals surface area (Å²) in [6.45, 7) is 1.91. The van der Waals surface area contributed by atoms with E-state index in [0.29, 0.717) is 27.7 Å². The SMILES string of the molecule is Cc1ccc(-c2nc3cc(NC(=O)c4cccc([N+](=O)[O-])c4)ccc3o2)cc1Cl. The van der Waals surface area contributed by atoms with E-state index in [0.717, 1.165) is 11.1 Å². The number of benzene rings is 3. The van der Waals surface area contributed by atoms with Gasteiger partial charge in [0.25, 0.3) is 11.6 Å². The fourth-order valence-corrected chi connectivity index (χ4v) is 3.00. The van der Waals surface area contributed by atoms with Crippen molar-refractivity contribution in [2.75, 3.05) is 5.32 Å². The van der Waals surface area contributed by atoms with Crippen molar-refractivity contribution >= 4 is 40.0 Å². The minimum atomic E-state index is -0.545. The summed E-state index contributed by atoms with van der Waals surface area (Å²) in [5, 5.41) is 14.2.